The van der Waals surface area contributed by atoms with Gasteiger partial charge in [-0.2, -0.15) is 0 Å². The first-order valence-electron chi connectivity index (χ1n) is 8.10. The van der Waals surface area contributed by atoms with Crippen molar-refractivity contribution in [3.8, 4) is 10.4 Å². The van der Waals surface area contributed by atoms with Crippen molar-refractivity contribution in [2.75, 3.05) is 17.3 Å². The smallest absolute Gasteiger partial charge is 0.147 e. The van der Waals surface area contributed by atoms with Gasteiger partial charge in [0.1, 0.15) is 26.3 Å². The monoisotopic (exact) mass is 375 g/mol. The highest BCUT2D eigenvalue weighted by Crippen LogP contribution is 2.35. The van der Waals surface area contributed by atoms with Gasteiger partial charge in [0.05, 0.1) is 11.1 Å². The molecule has 0 fully saturated rings. The Morgan fingerprint density at radius 3 is 2.60 bits per heavy atom. The molecule has 25 heavy (non-hydrogen) atoms. The average Bonchev–Trinajstić information content (AvgIpc) is 2.97. The summed E-state index contributed by atoms with van der Waals surface area (Å²) in [5.41, 5.74) is 1.15. The van der Waals surface area contributed by atoms with Crippen LogP contribution in [0.1, 0.15) is 19.2 Å². The number of fused-ring (bicyclic) bond motifs is 1. The number of nitrogens with one attached hydrogen (secondary N) is 1. The molecule has 0 aliphatic heterocycles. The fourth-order valence-corrected chi connectivity index (χ4v) is 4.44. The maximum atomic E-state index is 11.4. The lowest BCUT2D eigenvalue weighted by Gasteiger charge is -2.14. The maximum absolute atomic E-state index is 11.4. The van der Waals surface area contributed by atoms with E-state index < -0.39 is 9.84 Å². The summed E-state index contributed by atoms with van der Waals surface area (Å²) in [6, 6.07) is 12.3. The van der Waals surface area contributed by atoms with E-state index in [2.05, 4.69) is 33.5 Å². The number of rotatable bonds is 6. The summed E-state index contributed by atoms with van der Waals surface area (Å²) in [6.45, 7) is 3.84. The van der Waals surface area contributed by atoms with Crippen LogP contribution in [0.5, 0.6) is 0 Å². The van der Waals surface area contributed by atoms with Crippen LogP contribution in [0.25, 0.3) is 20.7 Å². The van der Waals surface area contributed by atoms with Gasteiger partial charge >= 0.3 is 0 Å². The Morgan fingerprint density at radius 2 is 1.92 bits per heavy atom. The summed E-state index contributed by atoms with van der Waals surface area (Å²) in [5.74, 6) is 1.63. The van der Waals surface area contributed by atoms with Crippen LogP contribution < -0.4 is 5.32 Å². The summed E-state index contributed by atoms with van der Waals surface area (Å²) < 4.78 is 22.7. The predicted octanol–water partition coefficient (Wildman–Crippen LogP) is 3.90. The second-order valence-corrected chi connectivity index (χ2v) is 9.57. The number of aryl methyl sites for hydroxylation is 1. The topological polar surface area (TPSA) is 72.0 Å². The lowest BCUT2D eigenvalue weighted by atomic mass is 10.2. The molecule has 0 aliphatic rings. The van der Waals surface area contributed by atoms with Gasteiger partial charge in [0, 0.05) is 17.2 Å². The quantitative estimate of drug-likeness (QED) is 0.707. The molecule has 132 valence electrons. The second kappa shape index (κ2) is 7.09. The van der Waals surface area contributed by atoms with Crippen LogP contribution in [0.4, 0.5) is 5.82 Å². The van der Waals surface area contributed by atoms with E-state index in [9.17, 15) is 8.42 Å². The minimum absolute atomic E-state index is 0.00676. The molecule has 3 rings (SSSR count). The van der Waals surface area contributed by atoms with Crippen LogP contribution in [-0.2, 0) is 9.84 Å². The van der Waals surface area contributed by atoms with E-state index >= 15 is 0 Å². The summed E-state index contributed by atoms with van der Waals surface area (Å²) in [7, 11) is -2.96. The van der Waals surface area contributed by atoms with Gasteiger partial charge in [0.15, 0.2) is 0 Å². The first kappa shape index (κ1) is 17.8. The van der Waals surface area contributed by atoms with Crippen LogP contribution in [0.15, 0.2) is 36.4 Å². The summed E-state index contributed by atoms with van der Waals surface area (Å²) >= 11 is 1.64. The van der Waals surface area contributed by atoms with Gasteiger partial charge in [-0.3, -0.25) is 0 Å². The van der Waals surface area contributed by atoms with Crippen LogP contribution >= 0.6 is 11.3 Å². The molecule has 5 nitrogen and oxygen atoms in total. The molecule has 7 heteroatoms. The fraction of sp³-hybridized carbons (Fsp3) is 0.333. The Hall–Kier alpha value is -1.99. The van der Waals surface area contributed by atoms with Crippen molar-refractivity contribution < 1.29 is 8.42 Å². The normalized spacial score (nSPS) is 13.1. The first-order chi connectivity index (χ1) is 11.8. The fourth-order valence-electron chi connectivity index (χ4n) is 2.58. The largest absolute Gasteiger partial charge is 0.367 e. The van der Waals surface area contributed by atoms with E-state index in [1.165, 1.54) is 6.26 Å². The van der Waals surface area contributed by atoms with Crippen molar-refractivity contribution in [2.24, 2.45) is 0 Å². The molecule has 0 saturated heterocycles. The number of anilines is 1. The molecular formula is C18H21N3O2S2. The third-order valence-electron chi connectivity index (χ3n) is 3.87. The van der Waals surface area contributed by atoms with Crippen molar-refractivity contribution in [2.45, 2.75) is 26.3 Å². The van der Waals surface area contributed by atoms with Gasteiger partial charge in [-0.1, -0.05) is 30.3 Å². The molecule has 0 amide bonds. The highest BCUT2D eigenvalue weighted by Gasteiger charge is 2.14. The van der Waals surface area contributed by atoms with E-state index in [0.29, 0.717) is 12.2 Å². The molecule has 3 aromatic rings. The standard InChI is InChI=1S/C18H21N3O2S2/c1-12(9-10-25(3,22)23)19-17-15-11-16(14-7-5-4-6-8-14)24-18(15)21-13(2)20-17/h4-8,11-12H,9-10H2,1-3H3,(H,19,20,21). The Kier molecular flexibility index (Phi) is 5.06. The van der Waals surface area contributed by atoms with Crippen molar-refractivity contribution in [3.63, 3.8) is 0 Å². The Morgan fingerprint density at radius 1 is 1.20 bits per heavy atom. The minimum Gasteiger partial charge on any atom is -0.367 e. The van der Waals surface area contributed by atoms with Crippen LogP contribution in [0.2, 0.25) is 0 Å². The number of sulfone groups is 1. The van der Waals surface area contributed by atoms with Gasteiger partial charge in [-0.05, 0) is 31.9 Å². The third kappa shape index (κ3) is 4.55. The predicted molar refractivity (Wildman–Crippen MR) is 105 cm³/mol. The highest BCUT2D eigenvalue weighted by atomic mass is 32.2. The van der Waals surface area contributed by atoms with Gasteiger partial charge in [0.25, 0.3) is 0 Å². The molecular weight excluding hydrogens is 354 g/mol. The number of nitrogens with zero attached hydrogens (tertiary/aromatic N) is 2. The first-order valence-corrected chi connectivity index (χ1v) is 11.0. The van der Waals surface area contributed by atoms with Gasteiger partial charge in [-0.25, -0.2) is 18.4 Å². The molecule has 1 atom stereocenters. The zero-order valence-electron chi connectivity index (χ0n) is 14.5. The summed E-state index contributed by atoms with van der Waals surface area (Å²) in [5, 5.41) is 4.33. The second-order valence-electron chi connectivity index (χ2n) is 6.28. The van der Waals surface area contributed by atoms with E-state index in [1.807, 2.05) is 32.0 Å². The number of hydrogen-bond donors (Lipinski definition) is 1. The molecule has 1 aromatic carbocycles. The van der Waals surface area contributed by atoms with Crippen molar-refractivity contribution in [3.05, 3.63) is 42.2 Å². The highest BCUT2D eigenvalue weighted by molar-refractivity contribution is 7.90. The molecule has 0 bridgehead atoms. The van der Waals surface area contributed by atoms with Crippen LogP contribution in [-0.4, -0.2) is 36.4 Å². The van der Waals surface area contributed by atoms with Gasteiger partial charge in [-0.15, -0.1) is 11.3 Å². The lowest BCUT2D eigenvalue weighted by Crippen LogP contribution is -2.20. The van der Waals surface area contributed by atoms with E-state index in [-0.39, 0.29) is 11.8 Å². The van der Waals surface area contributed by atoms with E-state index in [0.717, 1.165) is 26.5 Å². The number of benzene rings is 1. The molecule has 2 aromatic heterocycles. The third-order valence-corrected chi connectivity index (χ3v) is 5.92. The average molecular weight is 376 g/mol. The molecule has 2 heterocycles. The van der Waals surface area contributed by atoms with E-state index in [1.54, 1.807) is 11.3 Å². The Balaban J connectivity index is 1.91. The minimum atomic E-state index is -2.96. The molecule has 0 radical (unpaired) electrons. The van der Waals surface area contributed by atoms with Crippen molar-refractivity contribution in [1.29, 1.82) is 0 Å². The summed E-state index contributed by atoms with van der Waals surface area (Å²) in [4.78, 5) is 11.1. The van der Waals surface area contributed by atoms with Crippen LogP contribution in [0, 0.1) is 6.92 Å². The zero-order chi connectivity index (χ0) is 18.0. The van der Waals surface area contributed by atoms with Crippen molar-refractivity contribution in [1.82, 2.24) is 9.97 Å². The molecule has 0 spiro atoms. The van der Waals surface area contributed by atoms with Crippen molar-refractivity contribution >= 4 is 37.2 Å². The number of thiophene rings is 1. The molecule has 1 unspecified atom stereocenters. The molecule has 1 N–H and O–H groups in total. The van der Waals surface area contributed by atoms with Crippen LogP contribution in [0.3, 0.4) is 0 Å². The zero-order valence-corrected chi connectivity index (χ0v) is 16.1. The number of hydrogen-bond acceptors (Lipinski definition) is 6. The van der Waals surface area contributed by atoms with Gasteiger partial charge < -0.3 is 5.32 Å². The maximum Gasteiger partial charge on any atom is 0.147 e. The van der Waals surface area contributed by atoms with E-state index in [4.69, 9.17) is 0 Å². The number of aromatic nitrogens is 2. The SMILES string of the molecule is Cc1nc(NC(C)CCS(C)(=O)=O)c2cc(-c3ccccc3)sc2n1. The molecule has 0 aliphatic carbocycles. The summed E-state index contributed by atoms with van der Waals surface area (Å²) in [6.07, 6.45) is 1.80. The Bertz CT molecular complexity index is 982. The van der Waals surface area contributed by atoms with Gasteiger partial charge in [0.2, 0.25) is 0 Å². The lowest BCUT2D eigenvalue weighted by molar-refractivity contribution is 0.595. The molecule has 0 saturated carbocycles. The Labute approximate surface area is 152 Å².